The predicted molar refractivity (Wildman–Crippen MR) is 149 cm³/mol. The molecule has 0 saturated heterocycles. The second-order valence-electron chi connectivity index (χ2n) is 10.7. The lowest BCUT2D eigenvalue weighted by Crippen LogP contribution is -2.49. The molecule has 1 aliphatic carbocycles. The third kappa shape index (κ3) is 6.54. The molecule has 1 atom stereocenters. The predicted octanol–water partition coefficient (Wildman–Crippen LogP) is 5.43. The van der Waals surface area contributed by atoms with E-state index in [0.29, 0.717) is 11.3 Å². The molecule has 9 heteroatoms. The molecule has 3 aromatic carbocycles. The molecule has 0 fully saturated rings. The molecular weight excluding hydrogens is 512 g/mol. The van der Waals surface area contributed by atoms with Gasteiger partial charge >= 0.3 is 18.2 Å². The standard InChI is InChI=1S/C31H34N2O7/c1-30(2,3)40-28(36)32-17-18-38-21-15-13-20(14-16-21)31(4,27(34)35)33-29(37)39-19-26-24-11-7-5-9-22(24)23-10-6-8-12-25(23)26/h5-16,26H,17-19H2,1-4H3,(H,32,36)(H,33,37)(H,34,35)/t31-/m1/s1. The van der Waals surface area contributed by atoms with Crippen molar-refractivity contribution in [3.63, 3.8) is 0 Å². The summed E-state index contributed by atoms with van der Waals surface area (Å²) in [6, 6.07) is 22.3. The fraction of sp³-hybridized carbons (Fsp3) is 0.323. The van der Waals surface area contributed by atoms with Crippen molar-refractivity contribution in [3.05, 3.63) is 89.5 Å². The summed E-state index contributed by atoms with van der Waals surface area (Å²) in [5.74, 6) is -0.907. The van der Waals surface area contributed by atoms with Crippen LogP contribution < -0.4 is 15.4 Å². The highest BCUT2D eigenvalue weighted by Gasteiger charge is 2.38. The number of carboxylic acid groups (broad SMARTS) is 1. The maximum Gasteiger partial charge on any atom is 0.408 e. The number of benzene rings is 3. The van der Waals surface area contributed by atoms with Gasteiger partial charge in [-0.05, 0) is 67.6 Å². The Balaban J connectivity index is 1.34. The molecule has 0 saturated carbocycles. The van der Waals surface area contributed by atoms with Gasteiger partial charge in [-0.2, -0.15) is 0 Å². The van der Waals surface area contributed by atoms with Crippen molar-refractivity contribution in [2.24, 2.45) is 0 Å². The van der Waals surface area contributed by atoms with Crippen molar-refractivity contribution in [2.75, 3.05) is 19.8 Å². The number of rotatable bonds is 9. The van der Waals surface area contributed by atoms with Crippen LogP contribution in [0.15, 0.2) is 72.8 Å². The van der Waals surface area contributed by atoms with Crippen LogP contribution in [0.5, 0.6) is 5.75 Å². The van der Waals surface area contributed by atoms with E-state index < -0.39 is 29.3 Å². The zero-order chi connectivity index (χ0) is 28.9. The Hall–Kier alpha value is -4.53. The van der Waals surface area contributed by atoms with Crippen molar-refractivity contribution in [2.45, 2.75) is 44.8 Å². The Morgan fingerprint density at radius 2 is 1.40 bits per heavy atom. The van der Waals surface area contributed by atoms with E-state index in [-0.39, 0.29) is 25.7 Å². The monoisotopic (exact) mass is 546 g/mol. The zero-order valence-corrected chi connectivity index (χ0v) is 23.0. The molecule has 1 aliphatic rings. The number of fused-ring (bicyclic) bond motifs is 3. The van der Waals surface area contributed by atoms with Gasteiger partial charge in [0, 0.05) is 5.92 Å². The lowest BCUT2D eigenvalue weighted by atomic mass is 9.92. The summed E-state index contributed by atoms with van der Waals surface area (Å²) in [5.41, 5.74) is 2.34. The van der Waals surface area contributed by atoms with Crippen LogP contribution in [0, 0.1) is 0 Å². The summed E-state index contributed by atoms with van der Waals surface area (Å²) in [4.78, 5) is 36.8. The Morgan fingerprint density at radius 1 is 0.825 bits per heavy atom. The van der Waals surface area contributed by atoms with Crippen molar-refractivity contribution in [3.8, 4) is 16.9 Å². The minimum atomic E-state index is -1.74. The first-order valence-corrected chi connectivity index (χ1v) is 13.0. The first-order chi connectivity index (χ1) is 19.0. The maximum atomic E-state index is 12.8. The molecule has 0 aliphatic heterocycles. The number of carbonyl (C=O) groups is 3. The fourth-order valence-corrected chi connectivity index (χ4v) is 4.61. The smallest absolute Gasteiger partial charge is 0.408 e. The maximum absolute atomic E-state index is 12.8. The molecule has 0 bridgehead atoms. The number of hydrogen-bond donors (Lipinski definition) is 3. The molecule has 40 heavy (non-hydrogen) atoms. The van der Waals surface area contributed by atoms with Gasteiger partial charge in [0.1, 0.15) is 24.6 Å². The summed E-state index contributed by atoms with van der Waals surface area (Å²) in [5, 5.41) is 15.1. The number of ether oxygens (including phenoxy) is 3. The minimum absolute atomic E-state index is 0.0691. The van der Waals surface area contributed by atoms with Crippen molar-refractivity contribution < 1.29 is 33.7 Å². The number of amides is 2. The number of nitrogens with one attached hydrogen (secondary N) is 2. The number of aliphatic carboxylic acids is 1. The lowest BCUT2D eigenvalue weighted by Gasteiger charge is -2.27. The zero-order valence-electron chi connectivity index (χ0n) is 23.0. The van der Waals surface area contributed by atoms with E-state index in [4.69, 9.17) is 14.2 Å². The largest absolute Gasteiger partial charge is 0.492 e. The third-order valence-corrected chi connectivity index (χ3v) is 6.59. The van der Waals surface area contributed by atoms with E-state index in [1.54, 1.807) is 45.0 Å². The van der Waals surface area contributed by atoms with Gasteiger partial charge in [-0.3, -0.25) is 0 Å². The molecule has 0 aromatic heterocycles. The molecule has 210 valence electrons. The van der Waals surface area contributed by atoms with Crippen molar-refractivity contribution in [1.82, 2.24) is 10.6 Å². The Labute approximate surface area is 233 Å². The summed E-state index contributed by atoms with van der Waals surface area (Å²) < 4.78 is 16.4. The average molecular weight is 547 g/mol. The summed E-state index contributed by atoms with van der Waals surface area (Å²) >= 11 is 0. The topological polar surface area (TPSA) is 123 Å². The lowest BCUT2D eigenvalue weighted by molar-refractivity contribution is -0.144. The molecule has 4 rings (SSSR count). The SMILES string of the molecule is CC(C)(C)OC(=O)NCCOc1ccc([C@@](C)(NC(=O)OCC2c3ccccc3-c3ccccc32)C(=O)O)cc1. The average Bonchev–Trinajstić information content (AvgIpc) is 3.23. The number of hydrogen-bond acceptors (Lipinski definition) is 6. The number of alkyl carbamates (subject to hydrolysis) is 2. The van der Waals surface area contributed by atoms with Gasteiger partial charge in [0.05, 0.1) is 6.54 Å². The van der Waals surface area contributed by atoms with E-state index in [1.807, 2.05) is 48.5 Å². The summed E-state index contributed by atoms with van der Waals surface area (Å²) in [6.45, 7) is 7.21. The van der Waals surface area contributed by atoms with E-state index in [2.05, 4.69) is 10.6 Å². The molecule has 3 aromatic rings. The van der Waals surface area contributed by atoms with Gasteiger partial charge in [-0.15, -0.1) is 0 Å². The van der Waals surface area contributed by atoms with E-state index in [9.17, 15) is 19.5 Å². The Bertz CT molecular complexity index is 1340. The third-order valence-electron chi connectivity index (χ3n) is 6.59. The first-order valence-electron chi connectivity index (χ1n) is 13.0. The van der Waals surface area contributed by atoms with Gasteiger partial charge in [-0.1, -0.05) is 60.7 Å². The summed E-state index contributed by atoms with van der Waals surface area (Å²) in [6.07, 6.45) is -1.37. The molecule has 2 amide bonds. The van der Waals surface area contributed by atoms with Crippen LogP contribution in [0.4, 0.5) is 9.59 Å². The molecule has 0 unspecified atom stereocenters. The second kappa shape index (κ2) is 11.7. The molecule has 0 radical (unpaired) electrons. The van der Waals surface area contributed by atoms with Crippen LogP contribution in [0.1, 0.15) is 50.3 Å². The van der Waals surface area contributed by atoms with Gasteiger partial charge in [-0.25, -0.2) is 14.4 Å². The fourth-order valence-electron chi connectivity index (χ4n) is 4.61. The summed E-state index contributed by atoms with van der Waals surface area (Å²) in [7, 11) is 0. The molecular formula is C31H34N2O7. The van der Waals surface area contributed by atoms with Gasteiger partial charge in [0.2, 0.25) is 0 Å². The Morgan fingerprint density at radius 3 is 1.95 bits per heavy atom. The van der Waals surface area contributed by atoms with Gasteiger partial charge in [0.15, 0.2) is 5.54 Å². The van der Waals surface area contributed by atoms with Crippen LogP contribution in [-0.4, -0.2) is 48.6 Å². The highest BCUT2D eigenvalue weighted by Crippen LogP contribution is 2.44. The van der Waals surface area contributed by atoms with Crippen LogP contribution >= 0.6 is 0 Å². The highest BCUT2D eigenvalue weighted by molar-refractivity contribution is 5.85. The highest BCUT2D eigenvalue weighted by atomic mass is 16.6. The van der Waals surface area contributed by atoms with Crippen LogP contribution in [0.25, 0.3) is 11.1 Å². The van der Waals surface area contributed by atoms with Crippen LogP contribution in [0.2, 0.25) is 0 Å². The molecule has 0 heterocycles. The molecule has 9 nitrogen and oxygen atoms in total. The van der Waals surface area contributed by atoms with E-state index in [1.165, 1.54) is 6.92 Å². The minimum Gasteiger partial charge on any atom is -0.492 e. The second-order valence-corrected chi connectivity index (χ2v) is 10.7. The van der Waals surface area contributed by atoms with Gasteiger partial charge in [0.25, 0.3) is 0 Å². The van der Waals surface area contributed by atoms with Crippen molar-refractivity contribution in [1.29, 1.82) is 0 Å². The first kappa shape index (κ1) is 28.5. The van der Waals surface area contributed by atoms with E-state index in [0.717, 1.165) is 22.3 Å². The van der Waals surface area contributed by atoms with Gasteiger partial charge < -0.3 is 30.0 Å². The normalized spacial score (nSPS) is 13.8. The van der Waals surface area contributed by atoms with E-state index >= 15 is 0 Å². The molecule has 3 N–H and O–H groups in total. The van der Waals surface area contributed by atoms with Crippen LogP contribution in [-0.2, 0) is 19.8 Å². The van der Waals surface area contributed by atoms with Crippen molar-refractivity contribution >= 4 is 18.2 Å². The molecule has 0 spiro atoms. The number of carboxylic acids is 1. The van der Waals surface area contributed by atoms with Crippen LogP contribution in [0.3, 0.4) is 0 Å². The number of carbonyl (C=O) groups excluding carboxylic acids is 2. The Kier molecular flexibility index (Phi) is 8.32. The quantitative estimate of drug-likeness (QED) is 0.306.